The standard InChI is InChI=1S/C20H40O2/c1-5-6-7-8-9-10-11-12-13-14-15-16-20(22-4)18-17-19(2)21-3/h17,20H,5-16,18H2,1-4H3. The quantitative estimate of drug-likeness (QED) is 0.235. The van der Waals surface area contributed by atoms with Gasteiger partial charge in [0.25, 0.3) is 0 Å². The lowest BCUT2D eigenvalue weighted by atomic mass is 10.0. The van der Waals surface area contributed by atoms with E-state index in [9.17, 15) is 0 Å². The maximum absolute atomic E-state index is 5.54. The van der Waals surface area contributed by atoms with Gasteiger partial charge in [0.15, 0.2) is 0 Å². The first-order chi connectivity index (χ1) is 10.7. The Labute approximate surface area is 139 Å². The third-order valence-electron chi connectivity index (χ3n) is 4.45. The van der Waals surface area contributed by atoms with E-state index in [1.54, 1.807) is 7.11 Å². The highest BCUT2D eigenvalue weighted by atomic mass is 16.5. The molecule has 0 aliphatic rings. The van der Waals surface area contributed by atoms with E-state index in [2.05, 4.69) is 13.0 Å². The van der Waals surface area contributed by atoms with Gasteiger partial charge in [-0.1, -0.05) is 77.6 Å². The predicted octanol–water partition coefficient (Wildman–Crippen LogP) is 6.64. The first-order valence-electron chi connectivity index (χ1n) is 9.48. The molecular formula is C20H40O2. The molecule has 0 spiro atoms. The summed E-state index contributed by atoms with van der Waals surface area (Å²) < 4.78 is 10.7. The topological polar surface area (TPSA) is 18.5 Å². The molecule has 0 saturated carbocycles. The van der Waals surface area contributed by atoms with Crippen molar-refractivity contribution in [2.45, 2.75) is 103 Å². The fourth-order valence-electron chi connectivity index (χ4n) is 2.75. The van der Waals surface area contributed by atoms with Gasteiger partial charge in [0.05, 0.1) is 19.0 Å². The summed E-state index contributed by atoms with van der Waals surface area (Å²) in [6, 6.07) is 0. The van der Waals surface area contributed by atoms with E-state index >= 15 is 0 Å². The fourth-order valence-corrected chi connectivity index (χ4v) is 2.75. The van der Waals surface area contributed by atoms with Crippen LogP contribution in [0.1, 0.15) is 97.3 Å². The zero-order valence-electron chi connectivity index (χ0n) is 15.7. The van der Waals surface area contributed by atoms with Gasteiger partial charge in [-0.15, -0.1) is 0 Å². The van der Waals surface area contributed by atoms with Crippen molar-refractivity contribution in [3.63, 3.8) is 0 Å². The second-order valence-electron chi connectivity index (χ2n) is 6.44. The summed E-state index contributed by atoms with van der Waals surface area (Å²) in [4.78, 5) is 0. The minimum absolute atomic E-state index is 0.351. The van der Waals surface area contributed by atoms with E-state index in [4.69, 9.17) is 9.47 Å². The fraction of sp³-hybridized carbons (Fsp3) is 0.900. The molecular weight excluding hydrogens is 272 g/mol. The van der Waals surface area contributed by atoms with Gasteiger partial charge in [0, 0.05) is 7.11 Å². The minimum Gasteiger partial charge on any atom is -0.502 e. The van der Waals surface area contributed by atoms with E-state index < -0.39 is 0 Å². The van der Waals surface area contributed by atoms with E-state index in [-0.39, 0.29) is 0 Å². The van der Waals surface area contributed by atoms with Crippen LogP contribution in [0.5, 0.6) is 0 Å². The normalized spacial score (nSPS) is 13.4. The molecule has 1 unspecified atom stereocenters. The lowest BCUT2D eigenvalue weighted by Gasteiger charge is -2.13. The SMILES string of the molecule is CCCCCCCCCCCCCC(CC=C(C)OC)OC. The molecule has 0 bridgehead atoms. The number of methoxy groups -OCH3 is 2. The van der Waals surface area contributed by atoms with E-state index in [0.717, 1.165) is 12.2 Å². The summed E-state index contributed by atoms with van der Waals surface area (Å²) in [5.74, 6) is 0.987. The smallest absolute Gasteiger partial charge is 0.0885 e. The van der Waals surface area contributed by atoms with Crippen molar-refractivity contribution < 1.29 is 9.47 Å². The number of ether oxygens (including phenoxy) is 2. The molecule has 1 atom stereocenters. The van der Waals surface area contributed by atoms with Crippen molar-refractivity contribution in [2.75, 3.05) is 14.2 Å². The van der Waals surface area contributed by atoms with Crippen molar-refractivity contribution in [3.8, 4) is 0 Å². The molecule has 0 saturated heterocycles. The Balaban J connectivity index is 3.36. The molecule has 0 aliphatic heterocycles. The summed E-state index contributed by atoms with van der Waals surface area (Å²) in [6.45, 7) is 4.28. The van der Waals surface area contributed by atoms with Crippen LogP contribution in [0.2, 0.25) is 0 Å². The predicted molar refractivity (Wildman–Crippen MR) is 97.3 cm³/mol. The van der Waals surface area contributed by atoms with Gasteiger partial charge in [-0.2, -0.15) is 0 Å². The van der Waals surface area contributed by atoms with Crippen molar-refractivity contribution in [1.82, 2.24) is 0 Å². The van der Waals surface area contributed by atoms with Crippen molar-refractivity contribution in [3.05, 3.63) is 11.8 Å². The Morgan fingerprint density at radius 3 is 1.77 bits per heavy atom. The zero-order valence-corrected chi connectivity index (χ0v) is 15.7. The maximum atomic E-state index is 5.54. The molecule has 0 N–H and O–H groups in total. The monoisotopic (exact) mass is 312 g/mol. The second-order valence-corrected chi connectivity index (χ2v) is 6.44. The third kappa shape index (κ3) is 14.4. The number of unbranched alkanes of at least 4 members (excludes halogenated alkanes) is 10. The van der Waals surface area contributed by atoms with Crippen LogP contribution in [0.4, 0.5) is 0 Å². The highest BCUT2D eigenvalue weighted by Crippen LogP contribution is 2.15. The van der Waals surface area contributed by atoms with Gasteiger partial charge in [-0.05, 0) is 25.8 Å². The molecule has 0 fully saturated rings. The highest BCUT2D eigenvalue weighted by molar-refractivity contribution is 4.89. The number of allylic oxidation sites excluding steroid dienone is 1. The van der Waals surface area contributed by atoms with Gasteiger partial charge in [0.1, 0.15) is 0 Å². The van der Waals surface area contributed by atoms with Crippen molar-refractivity contribution in [2.24, 2.45) is 0 Å². The zero-order chi connectivity index (χ0) is 16.5. The molecule has 0 rings (SSSR count). The van der Waals surface area contributed by atoms with Crippen molar-refractivity contribution >= 4 is 0 Å². The molecule has 22 heavy (non-hydrogen) atoms. The Hall–Kier alpha value is -0.500. The first kappa shape index (κ1) is 21.5. The van der Waals surface area contributed by atoms with Crippen LogP contribution in [-0.4, -0.2) is 20.3 Å². The maximum Gasteiger partial charge on any atom is 0.0885 e. The summed E-state index contributed by atoms with van der Waals surface area (Å²) >= 11 is 0. The van der Waals surface area contributed by atoms with Crippen molar-refractivity contribution in [1.29, 1.82) is 0 Å². The average Bonchev–Trinajstić information content (AvgIpc) is 2.54. The Bertz CT molecular complexity index is 248. The second kappa shape index (κ2) is 16.9. The highest BCUT2D eigenvalue weighted by Gasteiger charge is 2.05. The Morgan fingerprint density at radius 2 is 1.32 bits per heavy atom. The number of hydrogen-bond acceptors (Lipinski definition) is 2. The van der Waals surface area contributed by atoms with Crippen LogP contribution >= 0.6 is 0 Å². The molecule has 0 aromatic carbocycles. The summed E-state index contributed by atoms with van der Waals surface area (Å²) in [5.41, 5.74) is 0. The molecule has 0 amide bonds. The third-order valence-corrected chi connectivity index (χ3v) is 4.45. The summed E-state index contributed by atoms with van der Waals surface area (Å²) in [5, 5.41) is 0. The molecule has 132 valence electrons. The Kier molecular flexibility index (Phi) is 16.5. The molecule has 2 nitrogen and oxygen atoms in total. The van der Waals surface area contributed by atoms with Crippen LogP contribution in [0.25, 0.3) is 0 Å². The first-order valence-corrected chi connectivity index (χ1v) is 9.48. The summed E-state index contributed by atoms with van der Waals surface area (Å²) in [6.07, 6.45) is 20.0. The van der Waals surface area contributed by atoms with Crippen LogP contribution < -0.4 is 0 Å². The molecule has 0 aliphatic carbocycles. The van der Waals surface area contributed by atoms with Crippen LogP contribution in [0.15, 0.2) is 11.8 Å². The van der Waals surface area contributed by atoms with E-state index in [0.29, 0.717) is 6.10 Å². The lowest BCUT2D eigenvalue weighted by Crippen LogP contribution is -2.09. The molecule has 0 aromatic rings. The molecule has 2 heteroatoms. The van der Waals surface area contributed by atoms with Gasteiger partial charge >= 0.3 is 0 Å². The summed E-state index contributed by atoms with van der Waals surface area (Å²) in [7, 11) is 3.54. The van der Waals surface area contributed by atoms with Gasteiger partial charge in [-0.3, -0.25) is 0 Å². The van der Waals surface area contributed by atoms with Crippen LogP contribution in [0.3, 0.4) is 0 Å². The largest absolute Gasteiger partial charge is 0.502 e. The Morgan fingerprint density at radius 1 is 0.818 bits per heavy atom. The van der Waals surface area contributed by atoms with Gasteiger partial charge in [-0.25, -0.2) is 0 Å². The molecule has 0 aromatic heterocycles. The molecule has 0 heterocycles. The van der Waals surface area contributed by atoms with Gasteiger partial charge in [0.2, 0.25) is 0 Å². The van der Waals surface area contributed by atoms with E-state index in [1.165, 1.54) is 77.0 Å². The minimum atomic E-state index is 0.351. The van der Waals surface area contributed by atoms with Crippen LogP contribution in [0, 0.1) is 0 Å². The molecule has 0 radical (unpaired) electrons. The average molecular weight is 313 g/mol. The number of hydrogen-bond donors (Lipinski definition) is 0. The van der Waals surface area contributed by atoms with E-state index in [1.807, 2.05) is 14.0 Å². The van der Waals surface area contributed by atoms with Crippen LogP contribution in [-0.2, 0) is 9.47 Å². The van der Waals surface area contributed by atoms with Gasteiger partial charge < -0.3 is 9.47 Å². The lowest BCUT2D eigenvalue weighted by molar-refractivity contribution is 0.0942. The number of rotatable bonds is 16.